The lowest BCUT2D eigenvalue weighted by Crippen LogP contribution is -2.36. The molecule has 0 amide bonds. The van der Waals surface area contributed by atoms with Crippen LogP contribution in [0.2, 0.25) is 0 Å². The molecule has 0 spiro atoms. The Kier molecular flexibility index (Phi) is 2.69. The van der Waals surface area contributed by atoms with E-state index in [2.05, 4.69) is 18.7 Å². The van der Waals surface area contributed by atoms with Crippen LogP contribution in [-0.4, -0.2) is 30.8 Å². The number of methoxy groups -OCH3 is 1. The molecule has 60 valence electrons. The van der Waals surface area contributed by atoms with Crippen LogP contribution in [0.25, 0.3) is 0 Å². The molecule has 0 radical (unpaired) electrons. The fraction of sp³-hybridized carbons (Fsp3) is 1.00. The molecule has 2 unspecified atom stereocenters. The van der Waals surface area contributed by atoms with E-state index in [1.807, 2.05) is 0 Å². The van der Waals surface area contributed by atoms with Gasteiger partial charge in [-0.05, 0) is 26.7 Å². The molecular weight excluding hydrogens is 126 g/mol. The van der Waals surface area contributed by atoms with Crippen LogP contribution < -0.4 is 0 Å². The first-order valence-corrected chi connectivity index (χ1v) is 4.04. The Morgan fingerprint density at radius 3 is 2.70 bits per heavy atom. The molecule has 1 rings (SSSR count). The molecule has 10 heavy (non-hydrogen) atoms. The predicted octanol–water partition coefficient (Wildman–Crippen LogP) is 1.46. The van der Waals surface area contributed by atoms with Gasteiger partial charge in [0.25, 0.3) is 0 Å². The highest BCUT2D eigenvalue weighted by atomic mass is 16.5. The lowest BCUT2D eigenvalue weighted by molar-refractivity contribution is -0.0225. The van der Waals surface area contributed by atoms with Crippen LogP contribution >= 0.6 is 0 Å². The Morgan fingerprint density at radius 1 is 1.60 bits per heavy atom. The SMILES string of the molecule is COC(C)N1CCCC1C. The molecule has 0 aromatic carbocycles. The zero-order valence-electron chi connectivity index (χ0n) is 7.13. The molecule has 1 fully saturated rings. The van der Waals surface area contributed by atoms with Gasteiger partial charge >= 0.3 is 0 Å². The smallest absolute Gasteiger partial charge is 0.107 e. The van der Waals surface area contributed by atoms with Gasteiger partial charge in [-0.3, -0.25) is 4.90 Å². The van der Waals surface area contributed by atoms with Gasteiger partial charge in [-0.15, -0.1) is 0 Å². The first-order chi connectivity index (χ1) is 4.75. The molecule has 2 atom stereocenters. The fourth-order valence-corrected chi connectivity index (χ4v) is 1.63. The van der Waals surface area contributed by atoms with E-state index in [4.69, 9.17) is 4.74 Å². The first kappa shape index (κ1) is 8.02. The van der Waals surface area contributed by atoms with Crippen molar-refractivity contribution in [3.8, 4) is 0 Å². The van der Waals surface area contributed by atoms with Crippen molar-refractivity contribution in [3.05, 3.63) is 0 Å². The average Bonchev–Trinajstić information content (AvgIpc) is 2.34. The van der Waals surface area contributed by atoms with Gasteiger partial charge in [0.2, 0.25) is 0 Å². The summed E-state index contributed by atoms with van der Waals surface area (Å²) >= 11 is 0. The third-order valence-corrected chi connectivity index (χ3v) is 2.41. The highest BCUT2D eigenvalue weighted by Crippen LogP contribution is 2.18. The lowest BCUT2D eigenvalue weighted by Gasteiger charge is -2.26. The van der Waals surface area contributed by atoms with Crippen molar-refractivity contribution in [1.82, 2.24) is 4.90 Å². The number of rotatable bonds is 2. The quantitative estimate of drug-likeness (QED) is 0.580. The van der Waals surface area contributed by atoms with Gasteiger partial charge in [0.1, 0.15) is 6.23 Å². The van der Waals surface area contributed by atoms with Crippen molar-refractivity contribution in [2.45, 2.75) is 39.0 Å². The summed E-state index contributed by atoms with van der Waals surface area (Å²) in [6, 6.07) is 0.718. The van der Waals surface area contributed by atoms with E-state index in [-0.39, 0.29) is 0 Å². The minimum Gasteiger partial charge on any atom is -0.367 e. The van der Waals surface area contributed by atoms with Gasteiger partial charge in [0.05, 0.1) is 0 Å². The van der Waals surface area contributed by atoms with Crippen LogP contribution in [0.15, 0.2) is 0 Å². The zero-order chi connectivity index (χ0) is 7.56. The third-order valence-electron chi connectivity index (χ3n) is 2.41. The Labute approximate surface area is 63.2 Å². The van der Waals surface area contributed by atoms with Crippen LogP contribution in [0.1, 0.15) is 26.7 Å². The van der Waals surface area contributed by atoms with Gasteiger partial charge in [0.15, 0.2) is 0 Å². The number of hydrogen-bond acceptors (Lipinski definition) is 2. The summed E-state index contributed by atoms with van der Waals surface area (Å²) in [5.41, 5.74) is 0. The molecule has 1 aliphatic heterocycles. The maximum Gasteiger partial charge on any atom is 0.107 e. The molecule has 1 saturated heterocycles. The van der Waals surface area contributed by atoms with E-state index in [1.54, 1.807) is 7.11 Å². The van der Waals surface area contributed by atoms with Gasteiger partial charge in [-0.1, -0.05) is 0 Å². The minimum atomic E-state index is 0.303. The van der Waals surface area contributed by atoms with E-state index < -0.39 is 0 Å². The second kappa shape index (κ2) is 3.35. The Bertz CT molecular complexity index is 105. The van der Waals surface area contributed by atoms with E-state index in [1.165, 1.54) is 19.4 Å². The molecule has 0 N–H and O–H groups in total. The molecule has 1 heterocycles. The molecule has 0 aromatic heterocycles. The highest BCUT2D eigenvalue weighted by molar-refractivity contribution is 4.75. The number of likely N-dealkylation sites (tertiary alicyclic amines) is 1. The summed E-state index contributed by atoms with van der Waals surface area (Å²) in [6.45, 7) is 5.58. The van der Waals surface area contributed by atoms with E-state index in [0.717, 1.165) is 6.04 Å². The van der Waals surface area contributed by atoms with Crippen LogP contribution in [0.4, 0.5) is 0 Å². The third kappa shape index (κ3) is 1.50. The van der Waals surface area contributed by atoms with Crippen LogP contribution in [0.5, 0.6) is 0 Å². The lowest BCUT2D eigenvalue weighted by atomic mass is 10.2. The molecule has 0 aromatic rings. The molecular formula is C8H17NO. The maximum absolute atomic E-state index is 5.23. The van der Waals surface area contributed by atoms with Crippen molar-refractivity contribution in [1.29, 1.82) is 0 Å². The van der Waals surface area contributed by atoms with E-state index >= 15 is 0 Å². The van der Waals surface area contributed by atoms with E-state index in [9.17, 15) is 0 Å². The van der Waals surface area contributed by atoms with Crippen molar-refractivity contribution in [3.63, 3.8) is 0 Å². The summed E-state index contributed by atoms with van der Waals surface area (Å²) < 4.78 is 5.23. The summed E-state index contributed by atoms with van der Waals surface area (Å²) in [4.78, 5) is 2.40. The summed E-state index contributed by atoms with van der Waals surface area (Å²) in [7, 11) is 1.77. The molecule has 0 aliphatic carbocycles. The highest BCUT2D eigenvalue weighted by Gasteiger charge is 2.24. The summed E-state index contributed by atoms with van der Waals surface area (Å²) in [5, 5.41) is 0. The van der Waals surface area contributed by atoms with E-state index in [0.29, 0.717) is 6.23 Å². The van der Waals surface area contributed by atoms with Gasteiger partial charge in [-0.2, -0.15) is 0 Å². The normalized spacial score (nSPS) is 30.9. The number of ether oxygens (including phenoxy) is 1. The standard InChI is InChI=1S/C8H17NO/c1-7-5-4-6-9(7)8(2)10-3/h7-8H,4-6H2,1-3H3. The monoisotopic (exact) mass is 143 g/mol. The minimum absolute atomic E-state index is 0.303. The average molecular weight is 143 g/mol. The Hall–Kier alpha value is -0.0800. The molecule has 0 saturated carbocycles. The summed E-state index contributed by atoms with van der Waals surface area (Å²) in [6.07, 6.45) is 2.96. The predicted molar refractivity (Wildman–Crippen MR) is 41.9 cm³/mol. The number of nitrogens with zero attached hydrogens (tertiary/aromatic N) is 1. The molecule has 2 heteroatoms. The Balaban J connectivity index is 2.38. The van der Waals surface area contributed by atoms with Crippen LogP contribution in [-0.2, 0) is 4.74 Å². The second-order valence-electron chi connectivity index (χ2n) is 3.06. The van der Waals surface area contributed by atoms with Crippen molar-refractivity contribution >= 4 is 0 Å². The topological polar surface area (TPSA) is 12.5 Å². The maximum atomic E-state index is 5.23. The molecule has 0 bridgehead atoms. The molecule has 2 nitrogen and oxygen atoms in total. The van der Waals surface area contributed by atoms with Crippen LogP contribution in [0, 0.1) is 0 Å². The molecule has 1 aliphatic rings. The zero-order valence-corrected chi connectivity index (χ0v) is 7.13. The second-order valence-corrected chi connectivity index (χ2v) is 3.06. The largest absolute Gasteiger partial charge is 0.367 e. The van der Waals surface area contributed by atoms with Crippen LogP contribution in [0.3, 0.4) is 0 Å². The number of hydrogen-bond donors (Lipinski definition) is 0. The Morgan fingerprint density at radius 2 is 2.30 bits per heavy atom. The fourth-order valence-electron chi connectivity index (χ4n) is 1.63. The van der Waals surface area contributed by atoms with Crippen molar-refractivity contribution < 1.29 is 4.74 Å². The van der Waals surface area contributed by atoms with Crippen molar-refractivity contribution in [2.24, 2.45) is 0 Å². The van der Waals surface area contributed by atoms with Gasteiger partial charge in [0, 0.05) is 19.7 Å². The van der Waals surface area contributed by atoms with Gasteiger partial charge in [-0.25, -0.2) is 0 Å². The van der Waals surface area contributed by atoms with Gasteiger partial charge < -0.3 is 4.74 Å². The van der Waals surface area contributed by atoms with Crippen molar-refractivity contribution in [2.75, 3.05) is 13.7 Å². The summed E-state index contributed by atoms with van der Waals surface area (Å²) in [5.74, 6) is 0. The first-order valence-electron chi connectivity index (χ1n) is 4.04.